The number of anilines is 1. The van der Waals surface area contributed by atoms with Gasteiger partial charge in [0.2, 0.25) is 5.91 Å². The molecule has 1 amide bonds. The number of hydrogen-bond donors (Lipinski definition) is 1. The third-order valence-electron chi connectivity index (χ3n) is 6.47. The molecule has 0 radical (unpaired) electrons. The van der Waals surface area contributed by atoms with Crippen LogP contribution in [0.4, 0.5) is 5.69 Å². The Morgan fingerprint density at radius 1 is 0.970 bits per heavy atom. The molecule has 1 fully saturated rings. The Morgan fingerprint density at radius 3 is 2.03 bits per heavy atom. The van der Waals surface area contributed by atoms with Crippen molar-refractivity contribution in [2.75, 3.05) is 10.8 Å². The Hall–Kier alpha value is -2.34. The largest absolute Gasteiger partial charge is 0.352 e. The van der Waals surface area contributed by atoms with E-state index in [2.05, 4.69) is 33.0 Å². The summed E-state index contributed by atoms with van der Waals surface area (Å²) in [7, 11) is -3.92. The van der Waals surface area contributed by atoms with Gasteiger partial charge in [0, 0.05) is 6.04 Å². The summed E-state index contributed by atoms with van der Waals surface area (Å²) in [6.07, 6.45) is 4.06. The number of sulfonamides is 1. The summed E-state index contributed by atoms with van der Waals surface area (Å²) in [5.74, 6) is 0.421. The predicted molar refractivity (Wildman–Crippen MR) is 135 cm³/mol. The summed E-state index contributed by atoms with van der Waals surface area (Å²) in [5, 5.41) is 3.08. The number of carbonyl (C=O) groups excluding carboxylic acids is 1. The summed E-state index contributed by atoms with van der Waals surface area (Å²) >= 11 is 0. The molecule has 0 aromatic heterocycles. The number of aryl methyl sites for hydroxylation is 2. The van der Waals surface area contributed by atoms with Gasteiger partial charge in [-0.05, 0) is 91.8 Å². The number of hydrogen-bond acceptors (Lipinski definition) is 3. The molecular weight excluding hydrogens is 432 g/mol. The Kier molecular flexibility index (Phi) is 7.57. The first-order chi connectivity index (χ1) is 15.4. The molecule has 2 aromatic rings. The maximum Gasteiger partial charge on any atom is 0.264 e. The molecule has 0 atom stereocenters. The molecule has 33 heavy (non-hydrogen) atoms. The Balaban J connectivity index is 1.91. The summed E-state index contributed by atoms with van der Waals surface area (Å²) in [5.41, 5.74) is 3.40. The van der Waals surface area contributed by atoms with Crippen molar-refractivity contribution >= 4 is 21.6 Å². The summed E-state index contributed by atoms with van der Waals surface area (Å²) in [6.45, 7) is 12.1. The lowest BCUT2D eigenvalue weighted by molar-refractivity contribution is -0.120. The van der Waals surface area contributed by atoms with E-state index in [1.165, 1.54) is 4.31 Å². The van der Waals surface area contributed by atoms with Gasteiger partial charge >= 0.3 is 0 Å². The summed E-state index contributed by atoms with van der Waals surface area (Å²) < 4.78 is 28.7. The van der Waals surface area contributed by atoms with Crippen LogP contribution in [0, 0.1) is 19.8 Å². The highest BCUT2D eigenvalue weighted by Crippen LogP contribution is 2.29. The van der Waals surface area contributed by atoms with Crippen molar-refractivity contribution in [2.24, 2.45) is 5.92 Å². The smallest absolute Gasteiger partial charge is 0.264 e. The number of rotatable bonds is 6. The van der Waals surface area contributed by atoms with Crippen LogP contribution in [-0.4, -0.2) is 26.9 Å². The van der Waals surface area contributed by atoms with E-state index < -0.39 is 10.0 Å². The van der Waals surface area contributed by atoms with Crippen LogP contribution in [0.5, 0.6) is 0 Å². The minimum atomic E-state index is -3.92. The van der Waals surface area contributed by atoms with Crippen LogP contribution in [0.1, 0.15) is 70.1 Å². The molecule has 1 saturated carbocycles. The normalized spacial score (nSPS) is 19.2. The standard InChI is InChI=1S/C27H38N2O3S/c1-19-7-11-23(12-8-19)28-26(30)18-29(24-16-20(2)15-21(3)17-24)33(31,32)25-13-9-22(10-14-25)27(4,5)6/h9-10,13-17,19,23H,7-8,11-12,18H2,1-6H3,(H,28,30). The second kappa shape index (κ2) is 9.88. The van der Waals surface area contributed by atoms with E-state index >= 15 is 0 Å². The van der Waals surface area contributed by atoms with E-state index in [9.17, 15) is 13.2 Å². The number of nitrogens with one attached hydrogen (secondary N) is 1. The third-order valence-corrected chi connectivity index (χ3v) is 8.26. The molecule has 1 N–H and O–H groups in total. The maximum atomic E-state index is 13.7. The lowest BCUT2D eigenvalue weighted by Crippen LogP contribution is -2.45. The van der Waals surface area contributed by atoms with Gasteiger partial charge in [-0.1, -0.05) is 45.9 Å². The SMILES string of the molecule is Cc1cc(C)cc(N(CC(=O)NC2CCC(C)CC2)S(=O)(=O)c2ccc(C(C)(C)C)cc2)c1. The fourth-order valence-corrected chi connectivity index (χ4v) is 5.88. The maximum absolute atomic E-state index is 13.7. The lowest BCUT2D eigenvalue weighted by Gasteiger charge is -2.29. The molecular formula is C27H38N2O3S. The van der Waals surface area contributed by atoms with Gasteiger partial charge in [0.15, 0.2) is 0 Å². The second-order valence-electron chi connectivity index (χ2n) is 10.7. The van der Waals surface area contributed by atoms with Gasteiger partial charge in [-0.2, -0.15) is 0 Å². The van der Waals surface area contributed by atoms with Gasteiger partial charge in [0.25, 0.3) is 10.0 Å². The van der Waals surface area contributed by atoms with Crippen molar-refractivity contribution < 1.29 is 13.2 Å². The second-order valence-corrected chi connectivity index (χ2v) is 12.5. The van der Waals surface area contributed by atoms with Crippen LogP contribution in [0.3, 0.4) is 0 Å². The molecule has 3 rings (SSSR count). The molecule has 0 saturated heterocycles. The highest BCUT2D eigenvalue weighted by atomic mass is 32.2. The summed E-state index contributed by atoms with van der Waals surface area (Å²) in [6, 6.07) is 12.8. The Bertz CT molecular complexity index is 1060. The van der Waals surface area contributed by atoms with Crippen LogP contribution >= 0.6 is 0 Å². The molecule has 0 heterocycles. The molecule has 0 aliphatic heterocycles. The molecule has 2 aromatic carbocycles. The third kappa shape index (κ3) is 6.38. The molecule has 0 spiro atoms. The number of nitrogens with zero attached hydrogens (tertiary/aromatic N) is 1. The minimum Gasteiger partial charge on any atom is -0.352 e. The van der Waals surface area contributed by atoms with Crippen molar-refractivity contribution in [1.29, 1.82) is 0 Å². The quantitative estimate of drug-likeness (QED) is 0.607. The van der Waals surface area contributed by atoms with Crippen molar-refractivity contribution in [3.63, 3.8) is 0 Å². The van der Waals surface area contributed by atoms with E-state index in [0.29, 0.717) is 11.6 Å². The van der Waals surface area contributed by atoms with E-state index in [4.69, 9.17) is 0 Å². The van der Waals surface area contributed by atoms with E-state index in [1.807, 2.05) is 44.2 Å². The Labute approximate surface area is 199 Å². The van der Waals surface area contributed by atoms with Crippen molar-refractivity contribution in [3.05, 3.63) is 59.2 Å². The number of benzene rings is 2. The van der Waals surface area contributed by atoms with E-state index in [0.717, 1.165) is 42.4 Å². The average Bonchev–Trinajstić information content (AvgIpc) is 2.72. The first kappa shape index (κ1) is 25.3. The van der Waals surface area contributed by atoms with Gasteiger partial charge in [-0.15, -0.1) is 0 Å². The van der Waals surface area contributed by atoms with E-state index in [1.54, 1.807) is 12.1 Å². The van der Waals surface area contributed by atoms with Crippen molar-refractivity contribution in [1.82, 2.24) is 5.32 Å². The topological polar surface area (TPSA) is 66.5 Å². The van der Waals surface area contributed by atoms with Crippen LogP contribution in [0.25, 0.3) is 0 Å². The zero-order valence-corrected chi connectivity index (χ0v) is 21.6. The fourth-order valence-electron chi connectivity index (χ4n) is 4.47. The van der Waals surface area contributed by atoms with Gasteiger partial charge in [-0.3, -0.25) is 9.10 Å². The molecule has 1 aliphatic carbocycles. The zero-order chi connectivity index (χ0) is 24.4. The molecule has 0 unspecified atom stereocenters. The zero-order valence-electron chi connectivity index (χ0n) is 20.8. The minimum absolute atomic E-state index is 0.0764. The van der Waals surface area contributed by atoms with Crippen LogP contribution < -0.4 is 9.62 Å². The van der Waals surface area contributed by atoms with Gasteiger partial charge in [0.05, 0.1) is 10.6 Å². The molecule has 0 bridgehead atoms. The molecule has 1 aliphatic rings. The number of amides is 1. The molecule has 6 heteroatoms. The van der Waals surface area contributed by atoms with Gasteiger partial charge in [-0.25, -0.2) is 8.42 Å². The highest BCUT2D eigenvalue weighted by molar-refractivity contribution is 7.92. The fraction of sp³-hybridized carbons (Fsp3) is 0.519. The highest BCUT2D eigenvalue weighted by Gasteiger charge is 2.29. The van der Waals surface area contributed by atoms with Crippen molar-refractivity contribution in [3.8, 4) is 0 Å². The average molecular weight is 471 g/mol. The van der Waals surface area contributed by atoms with Crippen molar-refractivity contribution in [2.45, 2.75) is 83.6 Å². The van der Waals surface area contributed by atoms with Crippen LogP contribution in [0.2, 0.25) is 0 Å². The lowest BCUT2D eigenvalue weighted by atomic mass is 9.87. The molecule has 180 valence electrons. The monoisotopic (exact) mass is 470 g/mol. The van der Waals surface area contributed by atoms with E-state index in [-0.39, 0.29) is 28.8 Å². The summed E-state index contributed by atoms with van der Waals surface area (Å²) in [4.78, 5) is 13.2. The first-order valence-electron chi connectivity index (χ1n) is 11.9. The predicted octanol–water partition coefficient (Wildman–Crippen LogP) is 5.49. The first-order valence-corrected chi connectivity index (χ1v) is 13.3. The van der Waals surface area contributed by atoms with Crippen LogP contribution in [-0.2, 0) is 20.2 Å². The Morgan fingerprint density at radius 2 is 1.52 bits per heavy atom. The van der Waals surface area contributed by atoms with Gasteiger partial charge in [0.1, 0.15) is 6.54 Å². The van der Waals surface area contributed by atoms with Crippen LogP contribution in [0.15, 0.2) is 47.4 Å². The number of carbonyl (C=O) groups is 1. The molecule has 5 nitrogen and oxygen atoms in total. The van der Waals surface area contributed by atoms with Gasteiger partial charge < -0.3 is 5.32 Å².